The minimum absolute atomic E-state index is 0.184. The lowest BCUT2D eigenvalue weighted by Crippen LogP contribution is -2.68. The number of nitrogens with two attached hydrogens (primary N) is 1. The molecule has 1 aliphatic rings. The van der Waals surface area contributed by atoms with E-state index < -0.39 is 29.9 Å². The number of aliphatic carboxylic acids is 1. The molecule has 1 aromatic rings. The van der Waals surface area contributed by atoms with Gasteiger partial charge in [0.2, 0.25) is 5.91 Å². The van der Waals surface area contributed by atoms with Crippen LogP contribution < -0.4 is 16.4 Å². The number of urea groups is 1. The zero-order chi connectivity index (χ0) is 20.7. The first-order valence-electron chi connectivity index (χ1n) is 9.43. The Hall–Kier alpha value is -3.03. The van der Waals surface area contributed by atoms with Crippen LogP contribution in [-0.2, 0) is 16.0 Å². The fourth-order valence-electron chi connectivity index (χ4n) is 3.35. The van der Waals surface area contributed by atoms with Crippen molar-refractivity contribution in [2.24, 2.45) is 11.7 Å². The molecule has 2 rings (SSSR count). The number of carbonyl (C=O) groups excluding carboxylic acids is 2. The van der Waals surface area contributed by atoms with Crippen molar-refractivity contribution in [2.45, 2.75) is 44.7 Å². The van der Waals surface area contributed by atoms with Gasteiger partial charge in [0.05, 0.1) is 11.7 Å². The topological polar surface area (TPSA) is 125 Å². The third-order valence-electron chi connectivity index (χ3n) is 4.88. The Morgan fingerprint density at radius 1 is 1.32 bits per heavy atom. The molecular formula is C20H28N4O4. The van der Waals surface area contributed by atoms with Gasteiger partial charge < -0.3 is 21.5 Å². The van der Waals surface area contributed by atoms with E-state index in [0.29, 0.717) is 38.0 Å². The second-order valence-electron chi connectivity index (χ2n) is 6.94. The number of nitrogens with zero attached hydrogens (tertiary/aromatic N) is 1. The van der Waals surface area contributed by atoms with E-state index in [1.54, 1.807) is 0 Å². The lowest BCUT2D eigenvalue weighted by Gasteiger charge is -2.43. The second-order valence-corrected chi connectivity index (χ2v) is 6.94. The van der Waals surface area contributed by atoms with Gasteiger partial charge in [0.25, 0.3) is 0 Å². The number of imide groups is 1. The highest BCUT2D eigenvalue weighted by Gasteiger charge is 2.54. The standard InChI is InChI=1S/C20H28N4O4/c1-3-15(12-14-8-5-4-6-9-14)23-20(28)24-17(19(26)27)16(18(24)25)10-7-11-22-13(2)21/h4-6,8-9,15-17,22H,2-3,7,10-12,21H2,1H3,(H,23,28)(H,26,27)/t15?,16-,17?/m1/s1. The minimum Gasteiger partial charge on any atom is -0.480 e. The largest absolute Gasteiger partial charge is 0.480 e. The smallest absolute Gasteiger partial charge is 0.327 e. The quantitative estimate of drug-likeness (QED) is 0.355. The van der Waals surface area contributed by atoms with Crippen LogP contribution >= 0.6 is 0 Å². The fourth-order valence-corrected chi connectivity index (χ4v) is 3.35. The number of hydrogen-bond acceptors (Lipinski definition) is 5. The number of carboxylic acid groups (broad SMARTS) is 1. The summed E-state index contributed by atoms with van der Waals surface area (Å²) in [4.78, 5) is 37.4. The first-order chi connectivity index (χ1) is 13.3. The van der Waals surface area contributed by atoms with Gasteiger partial charge in [0, 0.05) is 12.6 Å². The lowest BCUT2D eigenvalue weighted by molar-refractivity contribution is -0.166. The maximum absolute atomic E-state index is 12.6. The molecule has 1 saturated heterocycles. The van der Waals surface area contributed by atoms with Crippen LogP contribution in [0.2, 0.25) is 0 Å². The van der Waals surface area contributed by atoms with Gasteiger partial charge in [-0.2, -0.15) is 0 Å². The summed E-state index contributed by atoms with van der Waals surface area (Å²) in [6.45, 7) is 5.93. The third-order valence-corrected chi connectivity index (χ3v) is 4.88. The molecule has 1 heterocycles. The number of rotatable bonds is 10. The molecular weight excluding hydrogens is 360 g/mol. The second kappa shape index (κ2) is 9.77. The highest BCUT2D eigenvalue weighted by molar-refractivity contribution is 6.07. The van der Waals surface area contributed by atoms with Gasteiger partial charge in [-0.15, -0.1) is 0 Å². The Balaban J connectivity index is 1.94. The van der Waals surface area contributed by atoms with Crippen molar-refractivity contribution in [1.82, 2.24) is 15.5 Å². The normalized spacial score (nSPS) is 19.5. The van der Waals surface area contributed by atoms with Crippen molar-refractivity contribution in [1.29, 1.82) is 0 Å². The maximum Gasteiger partial charge on any atom is 0.327 e. The van der Waals surface area contributed by atoms with Gasteiger partial charge in [-0.05, 0) is 31.2 Å². The predicted octanol–water partition coefficient (Wildman–Crippen LogP) is 1.43. The molecule has 2 unspecified atom stereocenters. The first kappa shape index (κ1) is 21.3. The van der Waals surface area contributed by atoms with Crippen LogP contribution in [0.3, 0.4) is 0 Å². The maximum atomic E-state index is 12.6. The van der Waals surface area contributed by atoms with E-state index in [0.717, 1.165) is 10.5 Å². The number of nitrogens with one attached hydrogen (secondary N) is 2. The molecule has 8 nitrogen and oxygen atoms in total. The molecule has 0 aromatic heterocycles. The Morgan fingerprint density at radius 2 is 2.00 bits per heavy atom. The number of carbonyl (C=O) groups is 3. The van der Waals surface area contributed by atoms with Crippen molar-refractivity contribution in [3.63, 3.8) is 0 Å². The minimum atomic E-state index is -1.17. The Labute approximate surface area is 164 Å². The van der Waals surface area contributed by atoms with E-state index in [2.05, 4.69) is 17.2 Å². The number of carboxylic acids is 1. The molecule has 0 radical (unpaired) electrons. The lowest BCUT2D eigenvalue weighted by atomic mass is 9.84. The summed E-state index contributed by atoms with van der Waals surface area (Å²) in [6, 6.07) is 7.71. The number of hydrogen-bond donors (Lipinski definition) is 4. The first-order valence-corrected chi connectivity index (χ1v) is 9.43. The number of β-lactam (4-membered cyclic amide) rings is 1. The van der Waals surface area contributed by atoms with E-state index in [4.69, 9.17) is 5.73 Å². The molecule has 5 N–H and O–H groups in total. The fraction of sp³-hybridized carbons (Fsp3) is 0.450. The Kier molecular flexibility index (Phi) is 7.43. The number of amides is 3. The number of benzene rings is 1. The zero-order valence-corrected chi connectivity index (χ0v) is 16.1. The SMILES string of the molecule is C=C(N)NCCC[C@H]1C(=O)N(C(=O)NC(CC)Cc2ccccc2)C1C(=O)O. The Bertz CT molecular complexity index is 722. The van der Waals surface area contributed by atoms with E-state index in [9.17, 15) is 19.5 Å². The van der Waals surface area contributed by atoms with Crippen LogP contribution in [0, 0.1) is 5.92 Å². The summed E-state index contributed by atoms with van der Waals surface area (Å²) in [6.07, 6.45) is 2.19. The van der Waals surface area contributed by atoms with Crippen molar-refractivity contribution < 1.29 is 19.5 Å². The van der Waals surface area contributed by atoms with E-state index >= 15 is 0 Å². The summed E-state index contributed by atoms with van der Waals surface area (Å²) < 4.78 is 0. The Morgan fingerprint density at radius 3 is 2.57 bits per heavy atom. The highest BCUT2D eigenvalue weighted by Crippen LogP contribution is 2.31. The van der Waals surface area contributed by atoms with Gasteiger partial charge in [0.1, 0.15) is 0 Å². The van der Waals surface area contributed by atoms with E-state index in [1.807, 2.05) is 37.3 Å². The summed E-state index contributed by atoms with van der Waals surface area (Å²) >= 11 is 0. The average Bonchev–Trinajstić information content (AvgIpc) is 2.65. The molecule has 0 bridgehead atoms. The van der Waals surface area contributed by atoms with Crippen molar-refractivity contribution in [3.8, 4) is 0 Å². The molecule has 3 atom stereocenters. The summed E-state index contributed by atoms with van der Waals surface area (Å²) in [5.41, 5.74) is 6.47. The molecule has 0 saturated carbocycles. The predicted molar refractivity (Wildman–Crippen MR) is 105 cm³/mol. The van der Waals surface area contributed by atoms with Gasteiger partial charge >= 0.3 is 12.0 Å². The number of likely N-dealkylation sites (tertiary alicyclic amines) is 1. The van der Waals surface area contributed by atoms with E-state index in [1.165, 1.54) is 0 Å². The molecule has 1 aromatic carbocycles. The van der Waals surface area contributed by atoms with E-state index in [-0.39, 0.29) is 6.04 Å². The molecule has 0 spiro atoms. The highest BCUT2D eigenvalue weighted by atomic mass is 16.4. The molecule has 8 heteroatoms. The third kappa shape index (κ3) is 5.25. The monoisotopic (exact) mass is 388 g/mol. The van der Waals surface area contributed by atoms with Crippen LogP contribution in [0.5, 0.6) is 0 Å². The van der Waals surface area contributed by atoms with Crippen LogP contribution in [0.15, 0.2) is 42.7 Å². The van der Waals surface area contributed by atoms with Crippen LogP contribution in [0.1, 0.15) is 31.7 Å². The molecule has 0 aliphatic carbocycles. The molecule has 3 amide bonds. The molecule has 1 fully saturated rings. The van der Waals surface area contributed by atoms with Crippen molar-refractivity contribution in [3.05, 3.63) is 48.3 Å². The van der Waals surface area contributed by atoms with Crippen molar-refractivity contribution >= 4 is 17.9 Å². The molecule has 152 valence electrons. The van der Waals surface area contributed by atoms with Crippen LogP contribution in [0.25, 0.3) is 0 Å². The summed E-state index contributed by atoms with van der Waals surface area (Å²) in [5.74, 6) is -2.01. The van der Waals surface area contributed by atoms with Crippen molar-refractivity contribution in [2.75, 3.05) is 6.54 Å². The average molecular weight is 388 g/mol. The van der Waals surface area contributed by atoms with Crippen LogP contribution in [-0.4, -0.2) is 46.5 Å². The summed E-state index contributed by atoms with van der Waals surface area (Å²) in [5, 5.41) is 15.1. The van der Waals surface area contributed by atoms with Gasteiger partial charge in [-0.25, -0.2) is 14.5 Å². The van der Waals surface area contributed by atoms with Gasteiger partial charge in [0.15, 0.2) is 6.04 Å². The molecule has 1 aliphatic heterocycles. The van der Waals surface area contributed by atoms with Gasteiger partial charge in [-0.3, -0.25) is 4.79 Å². The molecule has 28 heavy (non-hydrogen) atoms. The van der Waals surface area contributed by atoms with Crippen LogP contribution in [0.4, 0.5) is 4.79 Å². The summed E-state index contributed by atoms with van der Waals surface area (Å²) in [7, 11) is 0. The zero-order valence-electron chi connectivity index (χ0n) is 16.1. The van der Waals surface area contributed by atoms with Gasteiger partial charge in [-0.1, -0.05) is 43.8 Å².